The quantitative estimate of drug-likeness (QED) is 0.175. The molecule has 0 bridgehead atoms. The summed E-state index contributed by atoms with van der Waals surface area (Å²) in [7, 11) is 0. The van der Waals surface area contributed by atoms with Crippen molar-refractivity contribution < 1.29 is 0 Å². The van der Waals surface area contributed by atoms with Crippen LogP contribution in [0.2, 0.25) is 0 Å². The molecule has 3 aliphatic rings. The van der Waals surface area contributed by atoms with E-state index in [9.17, 15) is 0 Å². The number of allylic oxidation sites excluding steroid dienone is 3. The second-order valence-corrected chi connectivity index (χ2v) is 12.5. The third-order valence-electron chi connectivity index (χ3n) is 10.1. The highest BCUT2D eigenvalue weighted by Crippen LogP contribution is 2.55. The van der Waals surface area contributed by atoms with Crippen LogP contribution in [0, 0.1) is 5.92 Å². The fourth-order valence-electron chi connectivity index (χ4n) is 8.15. The van der Waals surface area contributed by atoms with Crippen LogP contribution < -0.4 is 4.90 Å². The molecule has 0 spiro atoms. The van der Waals surface area contributed by atoms with Gasteiger partial charge in [-0.15, -0.1) is 0 Å². The molecular weight excluding hydrogens is 560 g/mol. The zero-order valence-electron chi connectivity index (χ0n) is 26.0. The van der Waals surface area contributed by atoms with Crippen LogP contribution >= 0.6 is 0 Å². The fraction of sp³-hybridized carbons (Fsp3) is 0.190. The Hall–Kier alpha value is -5.22. The van der Waals surface area contributed by atoms with Crippen LogP contribution in [0.15, 0.2) is 152 Å². The van der Waals surface area contributed by atoms with Gasteiger partial charge < -0.3 is 9.80 Å². The standard InChI is InChI=1S/C42H38N4/c1-2-32(21-14-24-41-43-37(30-15-6-3-7-16-30)29-38(44-41)31-17-8-4-9-18-31)45-28-27-36-39(45)26-25-35-34-22-12-13-23-40(34)46(42(35)36)33-19-10-5-11-20-33/h2-24,29,35-36,39,42H,1,25-28H2. The van der Waals surface area contributed by atoms with Gasteiger partial charge in [-0.1, -0.05) is 110 Å². The summed E-state index contributed by atoms with van der Waals surface area (Å²) in [5, 5.41) is 0. The number of hydrogen-bond donors (Lipinski definition) is 0. The van der Waals surface area contributed by atoms with E-state index >= 15 is 0 Å². The second-order valence-electron chi connectivity index (χ2n) is 12.5. The minimum atomic E-state index is 0.468. The van der Waals surface area contributed by atoms with Gasteiger partial charge >= 0.3 is 0 Å². The van der Waals surface area contributed by atoms with Crippen LogP contribution in [0.1, 0.15) is 36.6 Å². The van der Waals surface area contributed by atoms with Gasteiger partial charge in [0.15, 0.2) is 5.82 Å². The van der Waals surface area contributed by atoms with Crippen molar-refractivity contribution in [3.05, 3.63) is 163 Å². The van der Waals surface area contributed by atoms with Gasteiger partial charge in [-0.3, -0.25) is 0 Å². The van der Waals surface area contributed by atoms with Crippen molar-refractivity contribution in [1.29, 1.82) is 0 Å². The third kappa shape index (κ3) is 5.14. The lowest BCUT2D eigenvalue weighted by atomic mass is 9.73. The molecule has 0 radical (unpaired) electrons. The zero-order chi connectivity index (χ0) is 30.9. The first-order chi connectivity index (χ1) is 22.8. The van der Waals surface area contributed by atoms with Crippen molar-refractivity contribution in [3.63, 3.8) is 0 Å². The summed E-state index contributed by atoms with van der Waals surface area (Å²) in [5.74, 6) is 1.85. The van der Waals surface area contributed by atoms with Gasteiger partial charge in [-0.25, -0.2) is 9.97 Å². The van der Waals surface area contributed by atoms with E-state index in [2.05, 4.69) is 113 Å². The van der Waals surface area contributed by atoms with Crippen molar-refractivity contribution in [2.24, 2.45) is 5.92 Å². The molecular formula is C42H38N4. The summed E-state index contributed by atoms with van der Waals surface area (Å²) in [6.07, 6.45) is 11.9. The Bertz CT molecular complexity index is 1840. The van der Waals surface area contributed by atoms with E-state index in [1.54, 1.807) is 0 Å². The summed E-state index contributed by atoms with van der Waals surface area (Å²) >= 11 is 0. The van der Waals surface area contributed by atoms with Crippen LogP contribution in [-0.2, 0) is 0 Å². The van der Waals surface area contributed by atoms with E-state index in [1.807, 2.05) is 48.6 Å². The second kappa shape index (κ2) is 12.3. The molecule has 0 amide bonds. The van der Waals surface area contributed by atoms with Crippen molar-refractivity contribution >= 4 is 17.5 Å². The summed E-state index contributed by atoms with van der Waals surface area (Å²) < 4.78 is 0. The van der Waals surface area contributed by atoms with Crippen molar-refractivity contribution in [2.45, 2.75) is 37.3 Å². The SMILES string of the molecule is C=CC(=CC=Cc1nc(-c2ccccc2)cc(-c2ccccc2)n1)N1CCC2C1CCC1c3ccccc3N(c3ccccc3)C12. The molecule has 8 rings (SSSR count). The Kier molecular flexibility index (Phi) is 7.55. The number of fused-ring (bicyclic) bond motifs is 5. The highest BCUT2D eigenvalue weighted by Gasteiger charge is 2.52. The fourth-order valence-corrected chi connectivity index (χ4v) is 8.15. The molecule has 3 heterocycles. The lowest BCUT2D eigenvalue weighted by Gasteiger charge is -2.43. The van der Waals surface area contributed by atoms with E-state index in [1.165, 1.54) is 41.9 Å². The number of para-hydroxylation sites is 2. The molecule has 1 saturated carbocycles. The Morgan fingerprint density at radius 2 is 1.35 bits per heavy atom. The monoisotopic (exact) mass is 598 g/mol. The molecule has 4 heteroatoms. The maximum absolute atomic E-state index is 4.94. The molecule has 2 fully saturated rings. The maximum Gasteiger partial charge on any atom is 0.153 e. The Morgan fingerprint density at radius 1 is 0.717 bits per heavy atom. The number of likely N-dealkylation sites (tertiary alicyclic amines) is 1. The van der Waals surface area contributed by atoms with Gasteiger partial charge in [0.1, 0.15) is 0 Å². The number of hydrogen-bond acceptors (Lipinski definition) is 4. The molecule has 4 unspecified atom stereocenters. The predicted octanol–water partition coefficient (Wildman–Crippen LogP) is 9.68. The van der Waals surface area contributed by atoms with E-state index < -0.39 is 0 Å². The maximum atomic E-state index is 4.94. The number of anilines is 2. The Morgan fingerprint density at radius 3 is 2.02 bits per heavy atom. The number of aromatic nitrogens is 2. The van der Waals surface area contributed by atoms with E-state index in [4.69, 9.17) is 9.97 Å². The van der Waals surface area contributed by atoms with Crippen molar-refractivity contribution in [1.82, 2.24) is 14.9 Å². The summed E-state index contributed by atoms with van der Waals surface area (Å²) in [6, 6.07) is 43.8. The first-order valence-corrected chi connectivity index (χ1v) is 16.5. The van der Waals surface area contributed by atoms with E-state index in [0.717, 1.165) is 29.1 Å². The van der Waals surface area contributed by atoms with Crippen molar-refractivity contribution in [2.75, 3.05) is 11.4 Å². The van der Waals surface area contributed by atoms with Gasteiger partial charge in [0.05, 0.1) is 11.4 Å². The van der Waals surface area contributed by atoms with E-state index in [-0.39, 0.29) is 0 Å². The van der Waals surface area contributed by atoms with Crippen molar-refractivity contribution in [3.8, 4) is 22.5 Å². The highest BCUT2D eigenvalue weighted by molar-refractivity contribution is 5.73. The number of benzene rings is 4. The molecule has 0 N–H and O–H groups in total. The predicted molar refractivity (Wildman–Crippen MR) is 190 cm³/mol. The Balaban J connectivity index is 1.08. The first-order valence-electron chi connectivity index (χ1n) is 16.5. The molecule has 1 aromatic heterocycles. The largest absolute Gasteiger partial charge is 0.368 e. The van der Waals surface area contributed by atoms with Crippen LogP contribution in [0.5, 0.6) is 0 Å². The highest BCUT2D eigenvalue weighted by atomic mass is 15.3. The average Bonchev–Trinajstić information content (AvgIpc) is 3.71. The molecule has 226 valence electrons. The molecule has 46 heavy (non-hydrogen) atoms. The summed E-state index contributed by atoms with van der Waals surface area (Å²) in [4.78, 5) is 15.1. The van der Waals surface area contributed by atoms with E-state index in [0.29, 0.717) is 29.7 Å². The van der Waals surface area contributed by atoms with Crippen LogP contribution in [0.25, 0.3) is 28.6 Å². The molecule has 1 saturated heterocycles. The molecule has 4 aromatic carbocycles. The molecule has 4 nitrogen and oxygen atoms in total. The van der Waals surface area contributed by atoms with Gasteiger partial charge in [0.2, 0.25) is 0 Å². The zero-order valence-corrected chi connectivity index (χ0v) is 26.0. The minimum absolute atomic E-state index is 0.468. The molecule has 1 aliphatic carbocycles. The Labute approximate surface area is 272 Å². The summed E-state index contributed by atoms with van der Waals surface area (Å²) in [5.41, 5.74) is 9.38. The summed E-state index contributed by atoms with van der Waals surface area (Å²) in [6.45, 7) is 5.30. The smallest absolute Gasteiger partial charge is 0.153 e. The van der Waals surface area contributed by atoms with Crippen LogP contribution in [-0.4, -0.2) is 33.5 Å². The van der Waals surface area contributed by atoms with Gasteiger partial charge in [0.25, 0.3) is 0 Å². The van der Waals surface area contributed by atoms with Gasteiger partial charge in [-0.05, 0) is 67.3 Å². The van der Waals surface area contributed by atoms with Crippen LogP contribution in [0.4, 0.5) is 11.4 Å². The van der Waals surface area contributed by atoms with Gasteiger partial charge in [-0.2, -0.15) is 0 Å². The normalized spacial score (nSPS) is 22.0. The topological polar surface area (TPSA) is 32.3 Å². The van der Waals surface area contributed by atoms with Gasteiger partial charge in [0, 0.05) is 58.7 Å². The number of rotatable bonds is 7. The molecule has 5 aromatic rings. The first kappa shape index (κ1) is 28.3. The average molecular weight is 599 g/mol. The minimum Gasteiger partial charge on any atom is -0.368 e. The molecule has 4 atom stereocenters. The molecule has 2 aliphatic heterocycles. The number of nitrogens with zero attached hydrogens (tertiary/aromatic N) is 4. The third-order valence-corrected chi connectivity index (χ3v) is 10.1. The van der Waals surface area contributed by atoms with Crippen LogP contribution in [0.3, 0.4) is 0 Å². The lowest BCUT2D eigenvalue weighted by Crippen LogP contribution is -2.47. The lowest BCUT2D eigenvalue weighted by molar-refractivity contribution is 0.192.